The number of nitrogens with one attached hydrogen (secondary N) is 2. The Morgan fingerprint density at radius 3 is 2.53 bits per heavy atom. The van der Waals surface area contributed by atoms with Crippen LogP contribution in [0.5, 0.6) is 0 Å². The minimum atomic E-state index is -1.09. The molecular weight excluding hydrogens is 268 g/mol. The maximum Gasteiger partial charge on any atom is 0.326 e. The summed E-state index contributed by atoms with van der Waals surface area (Å²) in [6, 6.07) is 2.57. The van der Waals surface area contributed by atoms with Crippen molar-refractivity contribution in [3.8, 4) is 0 Å². The molecule has 0 saturated carbocycles. The molecule has 0 aliphatic heterocycles. The van der Waals surface area contributed by atoms with Crippen molar-refractivity contribution < 1.29 is 19.5 Å². The molecule has 104 valence electrons. The zero-order chi connectivity index (χ0) is 14.4. The van der Waals surface area contributed by atoms with Crippen LogP contribution in [0.1, 0.15) is 27.9 Å². The molecule has 0 saturated heterocycles. The summed E-state index contributed by atoms with van der Waals surface area (Å²) in [6.45, 7) is 3.30. The maximum absolute atomic E-state index is 11.7. The van der Waals surface area contributed by atoms with E-state index in [1.54, 1.807) is 13.0 Å². The van der Waals surface area contributed by atoms with Crippen LogP contribution in [-0.4, -0.2) is 35.5 Å². The Kier molecular flexibility index (Phi) is 5.50. The van der Waals surface area contributed by atoms with Crippen molar-refractivity contribution in [3.05, 3.63) is 21.9 Å². The first-order valence-corrected chi connectivity index (χ1v) is 6.62. The minimum absolute atomic E-state index is 0.237. The fourth-order valence-corrected chi connectivity index (χ4v) is 2.17. The molecule has 0 fully saturated rings. The molecule has 1 rings (SSSR count). The van der Waals surface area contributed by atoms with Gasteiger partial charge in [-0.15, -0.1) is 11.3 Å². The number of rotatable bonds is 6. The van der Waals surface area contributed by atoms with Crippen LogP contribution < -0.4 is 10.6 Å². The monoisotopic (exact) mass is 284 g/mol. The SMILES string of the molecule is CC[C@H](NC(=O)CNC(=O)c1ccc(C)s1)C(=O)O. The van der Waals surface area contributed by atoms with E-state index in [9.17, 15) is 14.4 Å². The van der Waals surface area contributed by atoms with Crippen LogP contribution in [0.3, 0.4) is 0 Å². The van der Waals surface area contributed by atoms with Crippen LogP contribution >= 0.6 is 11.3 Å². The van der Waals surface area contributed by atoms with Crippen molar-refractivity contribution in [3.63, 3.8) is 0 Å². The van der Waals surface area contributed by atoms with E-state index >= 15 is 0 Å². The van der Waals surface area contributed by atoms with E-state index < -0.39 is 17.9 Å². The molecule has 0 unspecified atom stereocenters. The zero-order valence-corrected chi connectivity index (χ0v) is 11.5. The van der Waals surface area contributed by atoms with Gasteiger partial charge in [0.05, 0.1) is 11.4 Å². The normalized spacial score (nSPS) is 11.7. The molecular formula is C12H16N2O4S. The summed E-state index contributed by atoms with van der Waals surface area (Å²) in [7, 11) is 0. The maximum atomic E-state index is 11.7. The van der Waals surface area contributed by atoms with E-state index in [4.69, 9.17) is 5.11 Å². The molecule has 1 atom stereocenters. The molecule has 6 nitrogen and oxygen atoms in total. The number of carbonyl (C=O) groups is 3. The van der Waals surface area contributed by atoms with E-state index in [1.807, 2.05) is 13.0 Å². The molecule has 1 aromatic heterocycles. The summed E-state index contributed by atoms with van der Waals surface area (Å²) in [5, 5.41) is 13.6. The molecule has 1 aromatic rings. The largest absolute Gasteiger partial charge is 0.480 e. The van der Waals surface area contributed by atoms with E-state index in [-0.39, 0.29) is 12.5 Å². The molecule has 0 aromatic carbocycles. The molecule has 1 heterocycles. The van der Waals surface area contributed by atoms with Crippen LogP contribution in [0.25, 0.3) is 0 Å². The van der Waals surface area contributed by atoms with Crippen molar-refractivity contribution in [1.29, 1.82) is 0 Å². The van der Waals surface area contributed by atoms with Crippen LogP contribution in [0.4, 0.5) is 0 Å². The minimum Gasteiger partial charge on any atom is -0.480 e. The number of hydrogen-bond donors (Lipinski definition) is 3. The van der Waals surface area contributed by atoms with Gasteiger partial charge in [0.2, 0.25) is 5.91 Å². The first-order valence-electron chi connectivity index (χ1n) is 5.80. The fraction of sp³-hybridized carbons (Fsp3) is 0.417. The van der Waals surface area contributed by atoms with Crippen molar-refractivity contribution in [2.75, 3.05) is 6.54 Å². The fourth-order valence-electron chi connectivity index (χ4n) is 1.39. The first-order chi connectivity index (χ1) is 8.93. The average Bonchev–Trinajstić information content (AvgIpc) is 2.79. The lowest BCUT2D eigenvalue weighted by Gasteiger charge is -2.12. The van der Waals surface area contributed by atoms with Gasteiger partial charge >= 0.3 is 5.97 Å². The number of hydrogen-bond acceptors (Lipinski definition) is 4. The topological polar surface area (TPSA) is 95.5 Å². The Bertz CT molecular complexity index is 484. The van der Waals surface area contributed by atoms with Crippen molar-refractivity contribution in [1.82, 2.24) is 10.6 Å². The summed E-state index contributed by atoms with van der Waals surface area (Å²) in [4.78, 5) is 35.4. The molecule has 0 aliphatic rings. The molecule has 19 heavy (non-hydrogen) atoms. The summed E-state index contributed by atoms with van der Waals surface area (Å²) >= 11 is 1.33. The molecule has 2 amide bonds. The molecule has 0 aliphatic carbocycles. The smallest absolute Gasteiger partial charge is 0.326 e. The predicted molar refractivity (Wildman–Crippen MR) is 71.2 cm³/mol. The lowest BCUT2D eigenvalue weighted by molar-refractivity contribution is -0.141. The predicted octanol–water partition coefficient (Wildman–Crippen LogP) is 0.766. The number of carbonyl (C=O) groups excluding carboxylic acids is 2. The van der Waals surface area contributed by atoms with Crippen molar-refractivity contribution in [2.45, 2.75) is 26.3 Å². The number of amides is 2. The van der Waals surface area contributed by atoms with Gasteiger partial charge in [-0.05, 0) is 25.5 Å². The summed E-state index contributed by atoms with van der Waals surface area (Å²) in [6.07, 6.45) is 0.291. The van der Waals surface area contributed by atoms with E-state index in [1.165, 1.54) is 11.3 Å². The third-order valence-electron chi connectivity index (χ3n) is 2.42. The number of aryl methyl sites for hydroxylation is 1. The van der Waals surface area contributed by atoms with Gasteiger partial charge in [0.25, 0.3) is 5.91 Å². The molecule has 3 N–H and O–H groups in total. The van der Waals surface area contributed by atoms with Gasteiger partial charge < -0.3 is 15.7 Å². The van der Waals surface area contributed by atoms with Gasteiger partial charge in [0.15, 0.2) is 0 Å². The van der Waals surface area contributed by atoms with Gasteiger partial charge in [0.1, 0.15) is 6.04 Å². The number of thiophene rings is 1. The second kappa shape index (κ2) is 6.89. The van der Waals surface area contributed by atoms with Gasteiger partial charge in [-0.3, -0.25) is 9.59 Å². The number of aliphatic carboxylic acids is 1. The van der Waals surface area contributed by atoms with Crippen LogP contribution in [-0.2, 0) is 9.59 Å². The quantitative estimate of drug-likeness (QED) is 0.719. The summed E-state index contributed by atoms with van der Waals surface area (Å²) < 4.78 is 0. The summed E-state index contributed by atoms with van der Waals surface area (Å²) in [5.41, 5.74) is 0. The van der Waals surface area contributed by atoms with Gasteiger partial charge in [-0.25, -0.2) is 4.79 Å². The Labute approximate surface area is 114 Å². The van der Waals surface area contributed by atoms with Crippen LogP contribution in [0, 0.1) is 6.92 Å². The lowest BCUT2D eigenvalue weighted by Crippen LogP contribution is -2.45. The van der Waals surface area contributed by atoms with Crippen LogP contribution in [0.15, 0.2) is 12.1 Å². The highest BCUT2D eigenvalue weighted by Gasteiger charge is 2.18. The van der Waals surface area contributed by atoms with Gasteiger partial charge in [-0.1, -0.05) is 6.92 Å². The molecule has 7 heteroatoms. The van der Waals surface area contributed by atoms with Crippen molar-refractivity contribution in [2.24, 2.45) is 0 Å². The van der Waals surface area contributed by atoms with E-state index in [0.717, 1.165) is 4.88 Å². The second-order valence-electron chi connectivity index (χ2n) is 3.96. The highest BCUT2D eigenvalue weighted by atomic mass is 32.1. The Hall–Kier alpha value is -1.89. The highest BCUT2D eigenvalue weighted by Crippen LogP contribution is 2.14. The average molecular weight is 284 g/mol. The van der Waals surface area contributed by atoms with Gasteiger partial charge in [-0.2, -0.15) is 0 Å². The lowest BCUT2D eigenvalue weighted by atomic mass is 10.2. The Morgan fingerprint density at radius 1 is 1.37 bits per heavy atom. The Balaban J connectivity index is 2.42. The number of carboxylic acids is 1. The highest BCUT2D eigenvalue weighted by molar-refractivity contribution is 7.13. The van der Waals surface area contributed by atoms with E-state index in [2.05, 4.69) is 10.6 Å². The first kappa shape index (κ1) is 15.2. The third-order valence-corrected chi connectivity index (χ3v) is 3.41. The molecule has 0 radical (unpaired) electrons. The molecule has 0 spiro atoms. The Morgan fingerprint density at radius 2 is 2.05 bits per heavy atom. The van der Waals surface area contributed by atoms with Crippen molar-refractivity contribution >= 4 is 29.1 Å². The summed E-state index contributed by atoms with van der Waals surface area (Å²) in [5.74, 6) is -1.94. The van der Waals surface area contributed by atoms with Crippen LogP contribution in [0.2, 0.25) is 0 Å². The second-order valence-corrected chi connectivity index (χ2v) is 5.25. The standard InChI is InChI=1S/C12H16N2O4S/c1-3-8(12(17)18)14-10(15)6-13-11(16)9-5-4-7(2)19-9/h4-5,8H,3,6H2,1-2H3,(H,13,16)(H,14,15)(H,17,18)/t8-/m0/s1. The molecule has 0 bridgehead atoms. The zero-order valence-electron chi connectivity index (χ0n) is 10.7. The van der Waals surface area contributed by atoms with E-state index in [0.29, 0.717) is 11.3 Å². The third kappa shape index (κ3) is 4.70. The number of carboxylic acid groups (broad SMARTS) is 1. The van der Waals surface area contributed by atoms with Gasteiger partial charge in [0, 0.05) is 4.88 Å².